The van der Waals surface area contributed by atoms with Crippen LogP contribution in [0.1, 0.15) is 27.2 Å². The average Bonchev–Trinajstić information content (AvgIpc) is 2.79. The highest BCUT2D eigenvalue weighted by molar-refractivity contribution is 5.92. The third-order valence-corrected chi connectivity index (χ3v) is 5.12. The van der Waals surface area contributed by atoms with Crippen molar-refractivity contribution in [3.05, 3.63) is 83.2 Å². The summed E-state index contributed by atoms with van der Waals surface area (Å²) in [6.45, 7) is 2.14. The number of aromatic nitrogens is 2. The van der Waals surface area contributed by atoms with E-state index in [4.69, 9.17) is 4.74 Å². The van der Waals surface area contributed by atoms with Crippen molar-refractivity contribution in [1.29, 1.82) is 0 Å². The summed E-state index contributed by atoms with van der Waals surface area (Å²) in [5, 5.41) is 2.94. The number of amides is 1. The number of ether oxygens (including phenoxy) is 1. The first-order valence-electron chi connectivity index (χ1n) is 9.79. The van der Waals surface area contributed by atoms with Crippen LogP contribution in [0.5, 0.6) is 5.75 Å². The van der Waals surface area contributed by atoms with Gasteiger partial charge < -0.3 is 15.0 Å². The summed E-state index contributed by atoms with van der Waals surface area (Å²) in [7, 11) is 1.65. The number of anilines is 1. The smallest absolute Gasteiger partial charge is 0.270 e. The molecule has 2 aromatic carbocycles. The Morgan fingerprint density at radius 1 is 1.14 bits per heavy atom. The van der Waals surface area contributed by atoms with Gasteiger partial charge in [-0.3, -0.25) is 4.79 Å². The molecule has 0 atom stereocenters. The molecule has 1 amide bonds. The summed E-state index contributed by atoms with van der Waals surface area (Å²) in [4.78, 5) is 23.6. The van der Waals surface area contributed by atoms with Crippen LogP contribution < -0.4 is 15.0 Å². The van der Waals surface area contributed by atoms with Crippen LogP contribution in [-0.4, -0.2) is 36.1 Å². The number of nitrogens with zero attached hydrogens (tertiary/aromatic N) is 3. The fraction of sp³-hybridized carbons (Fsp3) is 0.261. The van der Waals surface area contributed by atoms with E-state index in [9.17, 15) is 4.79 Å². The van der Waals surface area contributed by atoms with Gasteiger partial charge in [-0.1, -0.05) is 36.4 Å². The number of benzene rings is 2. The molecule has 3 aromatic rings. The number of nitrogens with one attached hydrogen (secondary N) is 1. The van der Waals surface area contributed by atoms with Gasteiger partial charge in [-0.05, 0) is 47.7 Å². The van der Waals surface area contributed by atoms with Crippen LogP contribution in [0.3, 0.4) is 0 Å². The Labute approximate surface area is 170 Å². The molecule has 4 rings (SSSR count). The molecule has 0 unspecified atom stereocenters. The van der Waals surface area contributed by atoms with E-state index in [2.05, 4.69) is 44.5 Å². The van der Waals surface area contributed by atoms with Gasteiger partial charge >= 0.3 is 0 Å². The largest absolute Gasteiger partial charge is 0.497 e. The zero-order valence-electron chi connectivity index (χ0n) is 16.5. The van der Waals surface area contributed by atoms with Crippen LogP contribution in [0.15, 0.2) is 60.8 Å². The minimum Gasteiger partial charge on any atom is -0.497 e. The quantitative estimate of drug-likeness (QED) is 0.703. The van der Waals surface area contributed by atoms with Gasteiger partial charge in [0.15, 0.2) is 0 Å². The summed E-state index contributed by atoms with van der Waals surface area (Å²) in [6.07, 6.45) is 3.33. The molecule has 6 nitrogen and oxygen atoms in total. The Morgan fingerprint density at radius 2 is 2.00 bits per heavy atom. The minimum absolute atomic E-state index is 0.186. The fourth-order valence-electron chi connectivity index (χ4n) is 3.53. The van der Waals surface area contributed by atoms with E-state index in [-0.39, 0.29) is 5.91 Å². The summed E-state index contributed by atoms with van der Waals surface area (Å²) >= 11 is 0. The van der Waals surface area contributed by atoms with Crippen LogP contribution in [0, 0.1) is 0 Å². The third-order valence-electron chi connectivity index (χ3n) is 5.12. The van der Waals surface area contributed by atoms with Crippen molar-refractivity contribution in [1.82, 2.24) is 15.3 Å². The molecule has 6 heteroatoms. The molecule has 0 aliphatic carbocycles. The first-order chi connectivity index (χ1) is 14.2. The summed E-state index contributed by atoms with van der Waals surface area (Å²) < 4.78 is 5.24. The van der Waals surface area contributed by atoms with E-state index >= 15 is 0 Å². The van der Waals surface area contributed by atoms with Gasteiger partial charge in [0.1, 0.15) is 11.4 Å². The topological polar surface area (TPSA) is 67.3 Å². The average molecular weight is 388 g/mol. The number of fused-ring (bicyclic) bond motifs is 1. The van der Waals surface area contributed by atoms with E-state index in [1.54, 1.807) is 19.4 Å². The van der Waals surface area contributed by atoms with Gasteiger partial charge in [-0.15, -0.1) is 0 Å². The number of methoxy groups -OCH3 is 1. The maximum atomic E-state index is 12.5. The Hall–Kier alpha value is -3.41. The second-order valence-corrected chi connectivity index (χ2v) is 7.04. The molecular weight excluding hydrogens is 364 g/mol. The molecule has 1 aliphatic heterocycles. The maximum absolute atomic E-state index is 12.5. The summed E-state index contributed by atoms with van der Waals surface area (Å²) in [5.41, 5.74) is 4.16. The van der Waals surface area contributed by atoms with Gasteiger partial charge in [0, 0.05) is 25.8 Å². The molecule has 29 heavy (non-hydrogen) atoms. The lowest BCUT2D eigenvalue weighted by Gasteiger charge is -2.28. The molecule has 0 radical (unpaired) electrons. The molecular formula is C23H24N4O2. The first kappa shape index (κ1) is 18.9. The SMILES string of the molecule is COc1cccc(CCNC(=O)c2ccnc(N3CCc4ccccc4C3)n2)c1. The van der Waals surface area contributed by atoms with Crippen LogP contribution in [0.2, 0.25) is 0 Å². The lowest BCUT2D eigenvalue weighted by Crippen LogP contribution is -2.33. The van der Waals surface area contributed by atoms with Crippen LogP contribution >= 0.6 is 0 Å². The molecule has 0 bridgehead atoms. The monoisotopic (exact) mass is 388 g/mol. The van der Waals surface area contributed by atoms with E-state index in [1.165, 1.54) is 11.1 Å². The molecule has 148 valence electrons. The number of hydrogen-bond acceptors (Lipinski definition) is 5. The van der Waals surface area contributed by atoms with E-state index in [1.807, 2.05) is 24.3 Å². The molecule has 1 N–H and O–H groups in total. The number of carbonyl (C=O) groups excluding carboxylic acids is 1. The van der Waals surface area contributed by atoms with Crippen molar-refractivity contribution in [3.8, 4) is 5.75 Å². The van der Waals surface area contributed by atoms with Gasteiger partial charge in [0.2, 0.25) is 5.95 Å². The van der Waals surface area contributed by atoms with Crippen molar-refractivity contribution in [3.63, 3.8) is 0 Å². The highest BCUT2D eigenvalue weighted by Gasteiger charge is 2.19. The normalized spacial score (nSPS) is 12.9. The van der Waals surface area contributed by atoms with Crippen LogP contribution in [0.4, 0.5) is 5.95 Å². The van der Waals surface area contributed by atoms with Crippen LogP contribution in [0.25, 0.3) is 0 Å². The fourth-order valence-corrected chi connectivity index (χ4v) is 3.53. The van der Waals surface area contributed by atoms with Crippen molar-refractivity contribution in [2.75, 3.05) is 25.1 Å². The minimum atomic E-state index is -0.186. The van der Waals surface area contributed by atoms with Crippen molar-refractivity contribution in [2.24, 2.45) is 0 Å². The lowest BCUT2D eigenvalue weighted by atomic mass is 10.0. The van der Waals surface area contributed by atoms with Crippen molar-refractivity contribution >= 4 is 11.9 Å². The van der Waals surface area contributed by atoms with Gasteiger partial charge in [-0.25, -0.2) is 9.97 Å². The molecule has 2 heterocycles. The van der Waals surface area contributed by atoms with Crippen molar-refractivity contribution in [2.45, 2.75) is 19.4 Å². The van der Waals surface area contributed by atoms with E-state index < -0.39 is 0 Å². The molecule has 0 saturated heterocycles. The Balaban J connectivity index is 1.37. The predicted octanol–water partition coefficient (Wildman–Crippen LogP) is 3.02. The zero-order chi connectivity index (χ0) is 20.1. The van der Waals surface area contributed by atoms with Gasteiger partial charge in [-0.2, -0.15) is 0 Å². The standard InChI is InChI=1S/C23H24N4O2/c1-29-20-8-4-5-17(15-20)9-12-24-22(28)21-10-13-25-23(26-21)27-14-11-18-6-2-3-7-19(18)16-27/h2-8,10,13,15H,9,11-12,14,16H2,1H3,(H,24,28). The first-order valence-corrected chi connectivity index (χ1v) is 9.79. The maximum Gasteiger partial charge on any atom is 0.270 e. The molecule has 0 saturated carbocycles. The summed E-state index contributed by atoms with van der Waals surface area (Å²) in [5.74, 6) is 1.23. The van der Waals surface area contributed by atoms with E-state index in [0.29, 0.717) is 18.2 Å². The molecule has 1 aliphatic rings. The van der Waals surface area contributed by atoms with E-state index in [0.717, 1.165) is 37.2 Å². The highest BCUT2D eigenvalue weighted by atomic mass is 16.5. The van der Waals surface area contributed by atoms with Gasteiger partial charge in [0.25, 0.3) is 5.91 Å². The second kappa shape index (κ2) is 8.73. The van der Waals surface area contributed by atoms with Crippen molar-refractivity contribution < 1.29 is 9.53 Å². The Kier molecular flexibility index (Phi) is 5.70. The third kappa shape index (κ3) is 4.54. The Bertz CT molecular complexity index is 1010. The number of carbonyl (C=O) groups is 1. The van der Waals surface area contributed by atoms with Gasteiger partial charge in [0.05, 0.1) is 7.11 Å². The molecule has 0 fully saturated rings. The second-order valence-electron chi connectivity index (χ2n) is 7.04. The highest BCUT2D eigenvalue weighted by Crippen LogP contribution is 2.21. The van der Waals surface area contributed by atoms with Crippen LogP contribution in [-0.2, 0) is 19.4 Å². The Morgan fingerprint density at radius 3 is 2.86 bits per heavy atom. The zero-order valence-corrected chi connectivity index (χ0v) is 16.5. The lowest BCUT2D eigenvalue weighted by molar-refractivity contribution is 0.0949. The number of hydrogen-bond donors (Lipinski definition) is 1. The molecule has 0 spiro atoms. The number of rotatable bonds is 6. The molecule has 1 aromatic heterocycles. The predicted molar refractivity (Wildman–Crippen MR) is 112 cm³/mol. The summed E-state index contributed by atoms with van der Waals surface area (Å²) in [6, 6.07) is 17.9.